The molecule has 3 amide bonds. The molecule has 1 atom stereocenters. The summed E-state index contributed by atoms with van der Waals surface area (Å²) >= 11 is 6.16. The zero-order valence-electron chi connectivity index (χ0n) is 25.9. The number of hydrogen-bond donors (Lipinski definition) is 2. The standard InChI is InChI=1S/C35H49ClN4O3/c1-38(2)34(42)40(30-11-7-4-8-12-30)31-19-23-39(24-20-31)33(41)32(25-26-13-15-28(36)16-14-26)37-29-17-21-35(43,22-18-29)27-9-5-3-6-10-27/h3,5-6,9-10,13-16,29-32,37,43H,4,7-8,11-12,17-25H2,1-2H3/t29-,32-,35+/m1/s1. The van der Waals surface area contributed by atoms with Crippen molar-refractivity contribution < 1.29 is 14.7 Å². The molecule has 1 heterocycles. The molecule has 2 aliphatic carbocycles. The number of amides is 3. The first kappa shape index (κ1) is 31.8. The van der Waals surface area contributed by atoms with Gasteiger partial charge in [-0.2, -0.15) is 0 Å². The smallest absolute Gasteiger partial charge is 0.319 e. The number of likely N-dealkylation sites (tertiary alicyclic amines) is 1. The van der Waals surface area contributed by atoms with E-state index < -0.39 is 5.60 Å². The van der Waals surface area contributed by atoms with Gasteiger partial charge in [0.25, 0.3) is 0 Å². The van der Waals surface area contributed by atoms with Gasteiger partial charge in [0.1, 0.15) is 0 Å². The van der Waals surface area contributed by atoms with Crippen LogP contribution in [0.1, 0.15) is 81.8 Å². The lowest BCUT2D eigenvalue weighted by atomic mass is 9.77. The number of urea groups is 1. The predicted octanol–water partition coefficient (Wildman–Crippen LogP) is 5.98. The predicted molar refractivity (Wildman–Crippen MR) is 172 cm³/mol. The van der Waals surface area contributed by atoms with E-state index in [1.807, 2.05) is 73.6 Å². The molecule has 0 unspecified atom stereocenters. The van der Waals surface area contributed by atoms with Crippen molar-refractivity contribution in [2.75, 3.05) is 27.2 Å². The average molecular weight is 609 g/mol. The summed E-state index contributed by atoms with van der Waals surface area (Å²) < 4.78 is 0. The maximum Gasteiger partial charge on any atom is 0.319 e. The zero-order valence-corrected chi connectivity index (χ0v) is 26.6. The van der Waals surface area contributed by atoms with Crippen LogP contribution in [0.2, 0.25) is 5.02 Å². The highest BCUT2D eigenvalue weighted by Gasteiger charge is 2.39. The Hall–Kier alpha value is -2.61. The van der Waals surface area contributed by atoms with E-state index in [1.54, 1.807) is 4.90 Å². The van der Waals surface area contributed by atoms with E-state index in [4.69, 9.17) is 11.6 Å². The van der Waals surface area contributed by atoms with Crippen LogP contribution in [-0.2, 0) is 16.8 Å². The summed E-state index contributed by atoms with van der Waals surface area (Å²) in [5.41, 5.74) is 1.23. The first-order valence-corrected chi connectivity index (χ1v) is 16.7. The van der Waals surface area contributed by atoms with Gasteiger partial charge in [-0.15, -0.1) is 0 Å². The summed E-state index contributed by atoms with van der Waals surface area (Å²) in [7, 11) is 3.69. The highest BCUT2D eigenvalue weighted by atomic mass is 35.5. The molecule has 2 saturated carbocycles. The minimum atomic E-state index is -0.814. The maximum absolute atomic E-state index is 14.1. The summed E-state index contributed by atoms with van der Waals surface area (Å²) in [6.07, 6.45) is 10.9. The fourth-order valence-corrected chi connectivity index (χ4v) is 7.57. The van der Waals surface area contributed by atoms with Gasteiger partial charge in [-0.05, 0) is 81.0 Å². The molecule has 3 fully saturated rings. The van der Waals surface area contributed by atoms with Gasteiger partial charge >= 0.3 is 6.03 Å². The minimum absolute atomic E-state index is 0.103. The zero-order chi connectivity index (χ0) is 30.4. The van der Waals surface area contributed by atoms with Crippen LogP contribution in [0.4, 0.5) is 4.79 Å². The van der Waals surface area contributed by atoms with Crippen LogP contribution in [0.3, 0.4) is 0 Å². The van der Waals surface area contributed by atoms with Crippen LogP contribution in [0.15, 0.2) is 54.6 Å². The fourth-order valence-electron chi connectivity index (χ4n) is 7.44. The highest BCUT2D eigenvalue weighted by molar-refractivity contribution is 6.30. The number of nitrogens with zero attached hydrogens (tertiary/aromatic N) is 3. The van der Waals surface area contributed by atoms with Gasteiger partial charge in [0.05, 0.1) is 11.6 Å². The molecule has 234 valence electrons. The van der Waals surface area contributed by atoms with Gasteiger partial charge in [0.15, 0.2) is 0 Å². The summed E-state index contributed by atoms with van der Waals surface area (Å²) in [6, 6.07) is 18.1. The van der Waals surface area contributed by atoms with Crippen LogP contribution in [0, 0.1) is 0 Å². The summed E-state index contributed by atoms with van der Waals surface area (Å²) in [5, 5.41) is 15.8. The van der Waals surface area contributed by atoms with E-state index in [9.17, 15) is 14.7 Å². The second-order valence-corrected chi connectivity index (χ2v) is 13.6. The number of carbonyl (C=O) groups is 2. The Labute approximate surface area is 262 Å². The van der Waals surface area contributed by atoms with E-state index in [2.05, 4.69) is 10.2 Å². The normalized spacial score (nSPS) is 24.4. The van der Waals surface area contributed by atoms with Crippen molar-refractivity contribution >= 4 is 23.5 Å². The number of rotatable bonds is 8. The molecule has 8 heteroatoms. The van der Waals surface area contributed by atoms with E-state index in [0.29, 0.717) is 43.4 Å². The van der Waals surface area contributed by atoms with E-state index in [-0.39, 0.29) is 30.1 Å². The van der Waals surface area contributed by atoms with Crippen molar-refractivity contribution in [1.29, 1.82) is 0 Å². The van der Waals surface area contributed by atoms with Crippen molar-refractivity contribution in [3.05, 3.63) is 70.7 Å². The molecule has 5 rings (SSSR count). The molecule has 2 aromatic carbocycles. The van der Waals surface area contributed by atoms with Crippen LogP contribution in [0.5, 0.6) is 0 Å². The van der Waals surface area contributed by atoms with Gasteiger partial charge in [0.2, 0.25) is 5.91 Å². The SMILES string of the molecule is CN(C)C(=O)N(C1CCCCC1)C1CCN(C(=O)[C@@H](Cc2ccc(Cl)cc2)N[C@H]2CC[C@](O)(c3ccccc3)CC2)CC1. The van der Waals surface area contributed by atoms with Crippen LogP contribution >= 0.6 is 11.6 Å². The van der Waals surface area contributed by atoms with Crippen molar-refractivity contribution in [2.24, 2.45) is 0 Å². The molecule has 0 bridgehead atoms. The molecule has 0 aromatic heterocycles. The van der Waals surface area contributed by atoms with Crippen LogP contribution in [-0.4, -0.2) is 83.1 Å². The molecule has 0 radical (unpaired) electrons. The van der Waals surface area contributed by atoms with Crippen LogP contribution < -0.4 is 5.32 Å². The molecule has 1 aliphatic heterocycles. The highest BCUT2D eigenvalue weighted by Crippen LogP contribution is 2.37. The number of halogens is 1. The van der Waals surface area contributed by atoms with Crippen molar-refractivity contribution in [2.45, 2.75) is 107 Å². The van der Waals surface area contributed by atoms with E-state index in [0.717, 1.165) is 49.7 Å². The molecule has 1 saturated heterocycles. The van der Waals surface area contributed by atoms with Gasteiger partial charge in [-0.25, -0.2) is 4.79 Å². The molecule has 3 aliphatic rings. The first-order valence-electron chi connectivity index (χ1n) is 16.3. The first-order chi connectivity index (χ1) is 20.7. The molecule has 7 nitrogen and oxygen atoms in total. The number of carbonyl (C=O) groups excluding carboxylic acids is 2. The lowest BCUT2D eigenvalue weighted by Gasteiger charge is -2.45. The van der Waals surface area contributed by atoms with Crippen molar-refractivity contribution in [3.8, 4) is 0 Å². The van der Waals surface area contributed by atoms with Gasteiger partial charge in [0, 0.05) is 50.3 Å². The van der Waals surface area contributed by atoms with Crippen LogP contribution in [0.25, 0.3) is 0 Å². The van der Waals surface area contributed by atoms with Crippen molar-refractivity contribution in [1.82, 2.24) is 20.0 Å². The third-order valence-electron chi connectivity index (χ3n) is 9.95. The third-order valence-corrected chi connectivity index (χ3v) is 10.2. The summed E-state index contributed by atoms with van der Waals surface area (Å²) in [5.74, 6) is 0.125. The number of aliphatic hydroxyl groups is 1. The Morgan fingerprint density at radius 3 is 2.12 bits per heavy atom. The van der Waals surface area contributed by atoms with E-state index in [1.165, 1.54) is 19.3 Å². The topological polar surface area (TPSA) is 76.1 Å². The number of hydrogen-bond acceptors (Lipinski definition) is 4. The summed E-state index contributed by atoms with van der Waals surface area (Å²) in [4.78, 5) is 33.3. The van der Waals surface area contributed by atoms with Gasteiger partial charge in [-0.1, -0.05) is 73.3 Å². The Morgan fingerprint density at radius 2 is 1.51 bits per heavy atom. The average Bonchev–Trinajstić information content (AvgIpc) is 3.04. The molecule has 43 heavy (non-hydrogen) atoms. The Morgan fingerprint density at radius 1 is 0.907 bits per heavy atom. The minimum Gasteiger partial charge on any atom is -0.385 e. The monoisotopic (exact) mass is 608 g/mol. The number of benzene rings is 2. The lowest BCUT2D eigenvalue weighted by Crippen LogP contribution is -2.58. The quantitative estimate of drug-likeness (QED) is 0.387. The van der Waals surface area contributed by atoms with Gasteiger partial charge < -0.3 is 25.1 Å². The lowest BCUT2D eigenvalue weighted by molar-refractivity contribution is -0.135. The molecule has 2 aromatic rings. The maximum atomic E-state index is 14.1. The fraction of sp³-hybridized carbons (Fsp3) is 0.600. The molecule has 0 spiro atoms. The second-order valence-electron chi connectivity index (χ2n) is 13.2. The Bertz CT molecular complexity index is 1190. The van der Waals surface area contributed by atoms with E-state index >= 15 is 0 Å². The molecule has 2 N–H and O–H groups in total. The molecular formula is C35H49ClN4O3. The third kappa shape index (κ3) is 7.92. The van der Waals surface area contributed by atoms with Crippen molar-refractivity contribution in [3.63, 3.8) is 0 Å². The Kier molecular flexibility index (Phi) is 10.7. The second kappa shape index (κ2) is 14.4. The largest absolute Gasteiger partial charge is 0.385 e. The Balaban J connectivity index is 1.24. The molecular weight excluding hydrogens is 560 g/mol. The van der Waals surface area contributed by atoms with Gasteiger partial charge in [-0.3, -0.25) is 4.79 Å². The number of piperidine rings is 1. The number of nitrogens with one attached hydrogen (secondary N) is 1. The summed E-state index contributed by atoms with van der Waals surface area (Å²) in [6.45, 7) is 1.31.